The lowest BCUT2D eigenvalue weighted by Crippen LogP contribution is -2.50. The molecule has 130 valence electrons. The topological polar surface area (TPSA) is 40.6 Å². The van der Waals surface area contributed by atoms with Crippen molar-refractivity contribution in [3.05, 3.63) is 69.5 Å². The van der Waals surface area contributed by atoms with Gasteiger partial charge in [0.2, 0.25) is 0 Å². The highest BCUT2D eigenvalue weighted by Gasteiger charge is 2.27. The fraction of sp³-hybridized carbons (Fsp3) is 0.222. The van der Waals surface area contributed by atoms with Gasteiger partial charge in [0.15, 0.2) is 0 Å². The molecule has 1 heterocycles. The minimum absolute atomic E-state index is 0.0418. The van der Waals surface area contributed by atoms with Crippen LogP contribution >= 0.6 is 23.2 Å². The fourth-order valence-corrected chi connectivity index (χ4v) is 3.12. The molecule has 2 aromatic carbocycles. The van der Waals surface area contributed by atoms with Crippen LogP contribution < -0.4 is 0 Å². The zero-order valence-electron chi connectivity index (χ0n) is 13.2. The summed E-state index contributed by atoms with van der Waals surface area (Å²) in [5.41, 5.74) is 0.378. The number of piperazine rings is 1. The minimum Gasteiger partial charge on any atom is -0.335 e. The Hall–Kier alpha value is -2.11. The zero-order chi connectivity index (χ0) is 18.0. The maximum Gasteiger partial charge on any atom is 0.256 e. The Labute approximate surface area is 154 Å². The van der Waals surface area contributed by atoms with Gasteiger partial charge in [0.1, 0.15) is 5.82 Å². The van der Waals surface area contributed by atoms with Crippen LogP contribution in [0.3, 0.4) is 0 Å². The molecule has 4 nitrogen and oxygen atoms in total. The van der Waals surface area contributed by atoms with Gasteiger partial charge in [-0.1, -0.05) is 35.3 Å². The van der Waals surface area contributed by atoms with Gasteiger partial charge in [0.05, 0.1) is 16.1 Å². The second-order valence-electron chi connectivity index (χ2n) is 5.69. The summed E-state index contributed by atoms with van der Waals surface area (Å²) in [4.78, 5) is 28.2. The lowest BCUT2D eigenvalue weighted by molar-refractivity contribution is 0.0533. The molecule has 0 aromatic heterocycles. The molecule has 2 aromatic rings. The van der Waals surface area contributed by atoms with Crippen LogP contribution in [-0.4, -0.2) is 47.8 Å². The van der Waals surface area contributed by atoms with Gasteiger partial charge >= 0.3 is 0 Å². The third-order valence-corrected chi connectivity index (χ3v) is 4.68. The lowest BCUT2D eigenvalue weighted by Gasteiger charge is -2.35. The van der Waals surface area contributed by atoms with Crippen LogP contribution in [0.4, 0.5) is 4.39 Å². The SMILES string of the molecule is O=C(c1ccccc1F)N1CCN(C(=O)c2cc(Cl)ccc2Cl)CC1. The highest BCUT2D eigenvalue weighted by Crippen LogP contribution is 2.23. The van der Waals surface area contributed by atoms with Crippen LogP contribution in [0, 0.1) is 5.82 Å². The summed E-state index contributed by atoms with van der Waals surface area (Å²) in [7, 11) is 0. The molecule has 0 saturated carbocycles. The van der Waals surface area contributed by atoms with Gasteiger partial charge in [-0.25, -0.2) is 4.39 Å². The van der Waals surface area contributed by atoms with Crippen molar-refractivity contribution in [2.75, 3.05) is 26.2 Å². The third kappa shape index (κ3) is 3.78. The van der Waals surface area contributed by atoms with Crippen LogP contribution in [0.5, 0.6) is 0 Å². The Kier molecular flexibility index (Phi) is 5.25. The van der Waals surface area contributed by atoms with Crippen molar-refractivity contribution >= 4 is 35.0 Å². The maximum absolute atomic E-state index is 13.8. The number of benzene rings is 2. The monoisotopic (exact) mass is 380 g/mol. The molecule has 0 atom stereocenters. The zero-order valence-corrected chi connectivity index (χ0v) is 14.7. The molecule has 3 rings (SSSR count). The van der Waals surface area contributed by atoms with Crippen molar-refractivity contribution < 1.29 is 14.0 Å². The van der Waals surface area contributed by atoms with Crippen LogP contribution in [0.15, 0.2) is 42.5 Å². The first kappa shape index (κ1) is 17.7. The molecule has 1 aliphatic rings. The maximum atomic E-state index is 13.8. The van der Waals surface area contributed by atoms with E-state index in [9.17, 15) is 14.0 Å². The number of carbonyl (C=O) groups is 2. The number of hydrogen-bond acceptors (Lipinski definition) is 2. The van der Waals surface area contributed by atoms with E-state index in [2.05, 4.69) is 0 Å². The van der Waals surface area contributed by atoms with E-state index in [1.54, 1.807) is 28.0 Å². The third-order valence-electron chi connectivity index (χ3n) is 4.12. The predicted molar refractivity (Wildman–Crippen MR) is 94.7 cm³/mol. The molecular formula is C18H15Cl2FN2O2. The van der Waals surface area contributed by atoms with E-state index in [1.807, 2.05) is 0 Å². The van der Waals surface area contributed by atoms with Crippen molar-refractivity contribution in [1.82, 2.24) is 9.80 Å². The van der Waals surface area contributed by atoms with E-state index in [4.69, 9.17) is 23.2 Å². The van der Waals surface area contributed by atoms with Crippen molar-refractivity contribution in [2.24, 2.45) is 0 Å². The molecule has 0 radical (unpaired) electrons. The summed E-state index contributed by atoms with van der Waals surface area (Å²) in [5.74, 6) is -1.15. The van der Waals surface area contributed by atoms with Crippen LogP contribution in [0.2, 0.25) is 10.0 Å². The average Bonchev–Trinajstić information content (AvgIpc) is 2.63. The second-order valence-corrected chi connectivity index (χ2v) is 6.53. The number of amides is 2. The van der Waals surface area contributed by atoms with Gasteiger partial charge in [-0.15, -0.1) is 0 Å². The Bertz CT molecular complexity index is 820. The van der Waals surface area contributed by atoms with E-state index >= 15 is 0 Å². The molecule has 1 saturated heterocycles. The minimum atomic E-state index is -0.545. The summed E-state index contributed by atoms with van der Waals surface area (Å²) >= 11 is 12.0. The summed E-state index contributed by atoms with van der Waals surface area (Å²) < 4.78 is 13.8. The normalized spacial score (nSPS) is 14.5. The molecule has 1 fully saturated rings. The Morgan fingerprint density at radius 1 is 0.840 bits per heavy atom. The number of carbonyl (C=O) groups excluding carboxylic acids is 2. The molecule has 1 aliphatic heterocycles. The molecule has 25 heavy (non-hydrogen) atoms. The van der Waals surface area contributed by atoms with Crippen molar-refractivity contribution in [1.29, 1.82) is 0 Å². The molecule has 0 aliphatic carbocycles. The van der Waals surface area contributed by atoms with Gasteiger partial charge in [-0.3, -0.25) is 9.59 Å². The van der Waals surface area contributed by atoms with E-state index in [-0.39, 0.29) is 17.4 Å². The largest absolute Gasteiger partial charge is 0.335 e. The second kappa shape index (κ2) is 7.42. The molecule has 0 N–H and O–H groups in total. The van der Waals surface area contributed by atoms with Crippen LogP contribution in [0.1, 0.15) is 20.7 Å². The van der Waals surface area contributed by atoms with Crippen molar-refractivity contribution in [3.63, 3.8) is 0 Å². The smallest absolute Gasteiger partial charge is 0.256 e. The Morgan fingerprint density at radius 3 is 2.00 bits per heavy atom. The molecule has 7 heteroatoms. The van der Waals surface area contributed by atoms with E-state index < -0.39 is 5.82 Å². The average molecular weight is 381 g/mol. The first-order valence-corrected chi connectivity index (χ1v) is 8.51. The standard InChI is InChI=1S/C18H15Cl2FN2O2/c19-12-5-6-15(20)14(11-12)18(25)23-9-7-22(8-10-23)17(24)13-3-1-2-4-16(13)21/h1-6,11H,7-10H2. The van der Waals surface area contributed by atoms with Gasteiger partial charge in [-0.2, -0.15) is 0 Å². The first-order chi connectivity index (χ1) is 12.0. The molecule has 0 bridgehead atoms. The van der Waals surface area contributed by atoms with Crippen LogP contribution in [-0.2, 0) is 0 Å². The van der Waals surface area contributed by atoms with Gasteiger partial charge < -0.3 is 9.80 Å². The quantitative estimate of drug-likeness (QED) is 0.796. The summed E-state index contributed by atoms with van der Waals surface area (Å²) in [6.07, 6.45) is 0. The lowest BCUT2D eigenvalue weighted by atomic mass is 10.1. The summed E-state index contributed by atoms with van der Waals surface area (Å²) in [5, 5.41) is 0.764. The Morgan fingerprint density at radius 2 is 1.40 bits per heavy atom. The highest BCUT2D eigenvalue weighted by molar-refractivity contribution is 6.35. The molecule has 0 unspecified atom stereocenters. The number of halogens is 3. The van der Waals surface area contributed by atoms with E-state index in [1.165, 1.54) is 24.3 Å². The molecule has 2 amide bonds. The number of rotatable bonds is 2. The van der Waals surface area contributed by atoms with E-state index in [0.717, 1.165) is 0 Å². The summed E-state index contributed by atoms with van der Waals surface area (Å²) in [6.45, 7) is 1.36. The number of nitrogens with zero attached hydrogens (tertiary/aromatic N) is 2. The van der Waals surface area contributed by atoms with Crippen molar-refractivity contribution in [3.8, 4) is 0 Å². The van der Waals surface area contributed by atoms with E-state index in [0.29, 0.717) is 41.8 Å². The molecular weight excluding hydrogens is 366 g/mol. The Balaban J connectivity index is 1.68. The summed E-state index contributed by atoms with van der Waals surface area (Å²) in [6, 6.07) is 10.6. The first-order valence-electron chi connectivity index (χ1n) is 7.75. The predicted octanol–water partition coefficient (Wildman–Crippen LogP) is 3.73. The van der Waals surface area contributed by atoms with Crippen molar-refractivity contribution in [2.45, 2.75) is 0 Å². The fourth-order valence-electron chi connectivity index (χ4n) is 2.75. The van der Waals surface area contributed by atoms with Gasteiger partial charge in [0, 0.05) is 31.2 Å². The van der Waals surface area contributed by atoms with Gasteiger partial charge in [0.25, 0.3) is 11.8 Å². The highest BCUT2D eigenvalue weighted by atomic mass is 35.5. The van der Waals surface area contributed by atoms with Gasteiger partial charge in [-0.05, 0) is 30.3 Å². The van der Waals surface area contributed by atoms with Crippen LogP contribution in [0.25, 0.3) is 0 Å². The number of hydrogen-bond donors (Lipinski definition) is 0. The molecule has 0 spiro atoms.